The minimum absolute atomic E-state index is 0.110. The van der Waals surface area contributed by atoms with Crippen LogP contribution in [0.25, 0.3) is 0 Å². The molecule has 1 aromatic carbocycles. The average Bonchev–Trinajstić information content (AvgIpc) is 2.78. The number of Topliss-reactive ketones (excluding diaryl/α,β-unsaturated/α-hetero) is 1. The Bertz CT molecular complexity index is 1110. The van der Waals surface area contributed by atoms with Gasteiger partial charge in [0.25, 0.3) is 0 Å². The van der Waals surface area contributed by atoms with E-state index >= 15 is 0 Å². The second-order valence-corrected chi connectivity index (χ2v) is 9.68. The first-order chi connectivity index (χ1) is 15.4. The normalized spacial score (nSPS) is 22.8. The van der Waals surface area contributed by atoms with Gasteiger partial charge < -0.3 is 14.0 Å². The molecule has 1 N–H and O–H groups in total. The van der Waals surface area contributed by atoms with Gasteiger partial charge in [0.2, 0.25) is 5.88 Å². The Morgan fingerprint density at radius 3 is 2.62 bits per heavy atom. The van der Waals surface area contributed by atoms with Gasteiger partial charge in [0.1, 0.15) is 17.6 Å². The molecule has 32 heavy (non-hydrogen) atoms. The highest BCUT2D eigenvalue weighted by molar-refractivity contribution is 6.00. The second kappa shape index (κ2) is 8.30. The first-order valence-electron chi connectivity index (χ1n) is 11.4. The number of benzene rings is 1. The molecule has 0 saturated carbocycles. The molecule has 1 atom stereocenters. The number of carbonyl (C=O) groups is 1. The second-order valence-electron chi connectivity index (χ2n) is 9.68. The number of ether oxygens (including phenoxy) is 2. The van der Waals surface area contributed by atoms with Crippen molar-refractivity contribution in [1.82, 2.24) is 14.5 Å². The SMILES string of the molecule is CC1(C)CC(=O)C2=C(C1)Oc1ncn(CCN3CCOCC3)c(=N)c1[C@@H]2c1ccccc1. The van der Waals surface area contributed by atoms with Crippen LogP contribution < -0.4 is 10.2 Å². The maximum Gasteiger partial charge on any atom is 0.228 e. The quantitative estimate of drug-likeness (QED) is 0.800. The van der Waals surface area contributed by atoms with E-state index in [9.17, 15) is 4.79 Å². The van der Waals surface area contributed by atoms with Crippen molar-refractivity contribution < 1.29 is 14.3 Å². The summed E-state index contributed by atoms with van der Waals surface area (Å²) in [6, 6.07) is 9.99. The first kappa shape index (κ1) is 21.1. The highest BCUT2D eigenvalue weighted by atomic mass is 16.5. The standard InChI is InChI=1S/C25H30N4O3/c1-25(2)14-18(30)21-19(15-25)32-24-22(20(21)17-6-4-3-5-7-17)23(26)29(16-27-24)9-8-28-10-12-31-13-11-28/h3-7,16,20,26H,8-15H2,1-2H3/t20-/m1/s1. The molecule has 3 aliphatic rings. The third kappa shape index (κ3) is 3.91. The van der Waals surface area contributed by atoms with Gasteiger partial charge in [-0.05, 0) is 11.0 Å². The number of nitrogens with zero attached hydrogens (tertiary/aromatic N) is 3. The predicted molar refractivity (Wildman–Crippen MR) is 119 cm³/mol. The summed E-state index contributed by atoms with van der Waals surface area (Å²) in [6.07, 6.45) is 2.88. The number of morpholine rings is 1. The van der Waals surface area contributed by atoms with Gasteiger partial charge in [-0.15, -0.1) is 0 Å². The Morgan fingerprint density at radius 2 is 1.88 bits per heavy atom. The van der Waals surface area contributed by atoms with E-state index in [0.29, 0.717) is 47.6 Å². The van der Waals surface area contributed by atoms with Crippen molar-refractivity contribution in [3.05, 3.63) is 64.6 Å². The third-order valence-corrected chi connectivity index (χ3v) is 6.66. The van der Waals surface area contributed by atoms with Gasteiger partial charge in [-0.25, -0.2) is 4.98 Å². The largest absolute Gasteiger partial charge is 0.442 e. The zero-order valence-electron chi connectivity index (χ0n) is 18.8. The van der Waals surface area contributed by atoms with Crippen molar-refractivity contribution in [1.29, 1.82) is 5.41 Å². The van der Waals surface area contributed by atoms with E-state index in [-0.39, 0.29) is 17.1 Å². The Kier molecular flexibility index (Phi) is 5.47. The smallest absolute Gasteiger partial charge is 0.228 e. The summed E-state index contributed by atoms with van der Waals surface area (Å²) < 4.78 is 13.5. The lowest BCUT2D eigenvalue weighted by Crippen LogP contribution is -2.41. The lowest BCUT2D eigenvalue weighted by molar-refractivity contribution is -0.118. The van der Waals surface area contributed by atoms with Crippen molar-refractivity contribution in [2.24, 2.45) is 5.41 Å². The molecular weight excluding hydrogens is 404 g/mol. The molecule has 7 heteroatoms. The van der Waals surface area contributed by atoms with Crippen LogP contribution in [0.15, 0.2) is 48.0 Å². The predicted octanol–water partition coefficient (Wildman–Crippen LogP) is 2.86. The fourth-order valence-electron chi connectivity index (χ4n) is 5.02. The number of hydrogen-bond acceptors (Lipinski definition) is 6. The summed E-state index contributed by atoms with van der Waals surface area (Å²) >= 11 is 0. The summed E-state index contributed by atoms with van der Waals surface area (Å²) in [6.45, 7) is 9.00. The van der Waals surface area contributed by atoms with Gasteiger partial charge in [0.15, 0.2) is 5.78 Å². The summed E-state index contributed by atoms with van der Waals surface area (Å²) in [5, 5.41) is 9.04. The number of nitrogens with one attached hydrogen (secondary N) is 1. The van der Waals surface area contributed by atoms with Crippen molar-refractivity contribution in [3.8, 4) is 5.88 Å². The van der Waals surface area contributed by atoms with E-state index in [2.05, 4.69) is 23.7 Å². The van der Waals surface area contributed by atoms with Crippen molar-refractivity contribution >= 4 is 5.78 Å². The van der Waals surface area contributed by atoms with Crippen LogP contribution in [0.3, 0.4) is 0 Å². The molecule has 7 nitrogen and oxygen atoms in total. The van der Waals surface area contributed by atoms with Crippen molar-refractivity contribution in [2.45, 2.75) is 39.2 Å². The Labute approximate surface area is 188 Å². The molecule has 0 amide bonds. The van der Waals surface area contributed by atoms with Crippen molar-refractivity contribution in [3.63, 3.8) is 0 Å². The molecule has 3 heterocycles. The van der Waals surface area contributed by atoms with Crippen LogP contribution in [0.2, 0.25) is 0 Å². The first-order valence-corrected chi connectivity index (χ1v) is 11.4. The molecule has 0 radical (unpaired) electrons. The number of hydrogen-bond donors (Lipinski definition) is 1. The van der Waals surface area contributed by atoms with E-state index in [0.717, 1.165) is 38.4 Å². The van der Waals surface area contributed by atoms with Gasteiger partial charge in [-0.3, -0.25) is 15.1 Å². The number of fused-ring (bicyclic) bond motifs is 1. The number of aromatic nitrogens is 2. The minimum Gasteiger partial charge on any atom is -0.442 e. The molecule has 2 aromatic rings. The Morgan fingerprint density at radius 1 is 1.12 bits per heavy atom. The summed E-state index contributed by atoms with van der Waals surface area (Å²) in [7, 11) is 0. The average molecular weight is 435 g/mol. The van der Waals surface area contributed by atoms with Crippen LogP contribution in [0.5, 0.6) is 5.88 Å². The van der Waals surface area contributed by atoms with Gasteiger partial charge in [-0.1, -0.05) is 44.2 Å². The van der Waals surface area contributed by atoms with Gasteiger partial charge in [0.05, 0.1) is 18.8 Å². The van der Waals surface area contributed by atoms with E-state index in [1.54, 1.807) is 6.33 Å². The van der Waals surface area contributed by atoms with Crippen LogP contribution in [0.1, 0.15) is 43.7 Å². The van der Waals surface area contributed by atoms with Crippen molar-refractivity contribution in [2.75, 3.05) is 32.8 Å². The van der Waals surface area contributed by atoms with Gasteiger partial charge in [-0.2, -0.15) is 0 Å². The fourth-order valence-corrected chi connectivity index (χ4v) is 5.02. The molecule has 1 aliphatic carbocycles. The molecule has 1 aromatic heterocycles. The summed E-state index contributed by atoms with van der Waals surface area (Å²) in [5.41, 5.74) is 2.60. The van der Waals surface area contributed by atoms with Gasteiger partial charge >= 0.3 is 0 Å². The van der Waals surface area contributed by atoms with Gasteiger partial charge in [0, 0.05) is 50.5 Å². The van der Waals surface area contributed by atoms with E-state index < -0.39 is 0 Å². The number of ketones is 1. The number of allylic oxidation sites excluding steroid dienone is 2. The Hall–Kier alpha value is -2.77. The summed E-state index contributed by atoms with van der Waals surface area (Å²) in [5.74, 6) is 0.953. The third-order valence-electron chi connectivity index (χ3n) is 6.66. The maximum absolute atomic E-state index is 13.3. The minimum atomic E-state index is -0.325. The van der Waals surface area contributed by atoms with Crippen LogP contribution in [0, 0.1) is 10.8 Å². The molecule has 5 rings (SSSR count). The molecule has 1 saturated heterocycles. The van der Waals surface area contributed by atoms with Crippen LogP contribution in [0.4, 0.5) is 0 Å². The molecule has 2 aliphatic heterocycles. The van der Waals surface area contributed by atoms with Crippen LogP contribution in [-0.4, -0.2) is 53.1 Å². The lowest BCUT2D eigenvalue weighted by Gasteiger charge is -2.38. The summed E-state index contributed by atoms with van der Waals surface area (Å²) in [4.78, 5) is 20.3. The van der Waals surface area contributed by atoms with E-state index in [4.69, 9.17) is 14.9 Å². The maximum atomic E-state index is 13.3. The highest BCUT2D eigenvalue weighted by Crippen LogP contribution is 2.48. The molecule has 0 spiro atoms. The molecule has 0 bridgehead atoms. The van der Waals surface area contributed by atoms with E-state index in [1.807, 2.05) is 34.9 Å². The molecule has 0 unspecified atom stereocenters. The molecule has 1 fully saturated rings. The van der Waals surface area contributed by atoms with Crippen LogP contribution in [-0.2, 0) is 16.1 Å². The zero-order chi connectivity index (χ0) is 22.3. The highest BCUT2D eigenvalue weighted by Gasteiger charge is 2.43. The number of carbonyl (C=O) groups excluding carboxylic acids is 1. The lowest BCUT2D eigenvalue weighted by atomic mass is 9.70. The van der Waals surface area contributed by atoms with Crippen LogP contribution >= 0.6 is 0 Å². The topological polar surface area (TPSA) is 80.4 Å². The fraction of sp³-hybridized carbons (Fsp3) is 0.480. The zero-order valence-corrected chi connectivity index (χ0v) is 18.8. The van der Waals surface area contributed by atoms with E-state index in [1.165, 1.54) is 0 Å². The number of rotatable bonds is 4. The molecular formula is C25H30N4O3. The monoisotopic (exact) mass is 434 g/mol. The molecule has 168 valence electrons. The Balaban J connectivity index is 1.56.